The van der Waals surface area contributed by atoms with Crippen molar-refractivity contribution >= 4 is 0 Å². The van der Waals surface area contributed by atoms with E-state index in [1.807, 2.05) is 30.3 Å². The highest BCUT2D eigenvalue weighted by Gasteiger charge is 2.13. The molecule has 2 nitrogen and oxygen atoms in total. The molecule has 0 spiro atoms. The number of benzene rings is 1. The van der Waals surface area contributed by atoms with Crippen molar-refractivity contribution in [2.45, 2.75) is 25.6 Å². The molecule has 1 aliphatic heterocycles. The second-order valence-corrected chi connectivity index (χ2v) is 3.46. The van der Waals surface area contributed by atoms with Gasteiger partial charge in [0.2, 0.25) is 0 Å². The Morgan fingerprint density at radius 2 is 2.07 bits per heavy atom. The Kier molecular flexibility index (Phi) is 3.55. The molecule has 0 N–H and O–H groups in total. The predicted molar refractivity (Wildman–Crippen MR) is 54.5 cm³/mol. The number of hydrogen-bond donors (Lipinski definition) is 0. The highest BCUT2D eigenvalue weighted by Crippen LogP contribution is 2.16. The summed E-state index contributed by atoms with van der Waals surface area (Å²) in [5, 5.41) is 0. The van der Waals surface area contributed by atoms with Gasteiger partial charge in [-0.05, 0) is 24.8 Å². The third-order valence-electron chi connectivity index (χ3n) is 2.29. The monoisotopic (exact) mass is 191 g/mol. The smallest absolute Gasteiger partial charge is 0.158 e. The molecule has 1 atom stereocenters. The first-order valence-corrected chi connectivity index (χ1v) is 5.10. The van der Waals surface area contributed by atoms with Crippen LogP contribution in [0.2, 0.25) is 0 Å². The lowest BCUT2D eigenvalue weighted by Gasteiger charge is -2.22. The van der Waals surface area contributed by atoms with Gasteiger partial charge in [-0.1, -0.05) is 30.3 Å². The fraction of sp³-hybridized carbons (Fsp3) is 0.417. The van der Waals surface area contributed by atoms with Crippen LogP contribution in [0.25, 0.3) is 0 Å². The van der Waals surface area contributed by atoms with Crippen LogP contribution in [-0.2, 0) is 9.47 Å². The maximum atomic E-state index is 5.52. The molecular formula is C12H15O2. The minimum atomic E-state index is -0.0380. The van der Waals surface area contributed by atoms with Crippen molar-refractivity contribution < 1.29 is 9.47 Å². The molecule has 2 heteroatoms. The lowest BCUT2D eigenvalue weighted by Crippen LogP contribution is -2.21. The molecule has 0 amide bonds. The zero-order valence-corrected chi connectivity index (χ0v) is 8.19. The van der Waals surface area contributed by atoms with Crippen LogP contribution >= 0.6 is 0 Å². The molecule has 0 bridgehead atoms. The van der Waals surface area contributed by atoms with Crippen molar-refractivity contribution in [2.24, 2.45) is 0 Å². The summed E-state index contributed by atoms with van der Waals surface area (Å²) in [4.78, 5) is 0. The first-order chi connectivity index (χ1) is 6.95. The predicted octanol–water partition coefficient (Wildman–Crippen LogP) is 2.74. The van der Waals surface area contributed by atoms with Crippen LogP contribution in [0.15, 0.2) is 30.3 Å². The summed E-state index contributed by atoms with van der Waals surface area (Å²) >= 11 is 0. The van der Waals surface area contributed by atoms with Gasteiger partial charge >= 0.3 is 0 Å². The van der Waals surface area contributed by atoms with E-state index in [0.29, 0.717) is 0 Å². The van der Waals surface area contributed by atoms with E-state index in [4.69, 9.17) is 9.47 Å². The van der Waals surface area contributed by atoms with Gasteiger partial charge in [-0.2, -0.15) is 0 Å². The van der Waals surface area contributed by atoms with Crippen LogP contribution in [0, 0.1) is 6.61 Å². The van der Waals surface area contributed by atoms with Crippen LogP contribution in [0.5, 0.6) is 0 Å². The third-order valence-corrected chi connectivity index (χ3v) is 2.29. The highest BCUT2D eigenvalue weighted by atomic mass is 16.7. The van der Waals surface area contributed by atoms with E-state index >= 15 is 0 Å². The van der Waals surface area contributed by atoms with Crippen molar-refractivity contribution in [1.29, 1.82) is 0 Å². The second kappa shape index (κ2) is 5.13. The topological polar surface area (TPSA) is 18.5 Å². The van der Waals surface area contributed by atoms with Crippen LogP contribution in [0.4, 0.5) is 0 Å². The van der Waals surface area contributed by atoms with Gasteiger partial charge in [-0.25, -0.2) is 0 Å². The SMILES string of the molecule is [CH](OC1CCCCO1)c1ccccc1. The molecule has 1 unspecified atom stereocenters. The summed E-state index contributed by atoms with van der Waals surface area (Å²) in [6, 6.07) is 10.0. The minimum absolute atomic E-state index is 0.0380. The zero-order valence-electron chi connectivity index (χ0n) is 8.19. The van der Waals surface area contributed by atoms with Gasteiger partial charge in [-0.15, -0.1) is 0 Å². The largest absolute Gasteiger partial charge is 0.353 e. The Balaban J connectivity index is 1.76. The normalized spacial score (nSPS) is 22.1. The van der Waals surface area contributed by atoms with Crippen molar-refractivity contribution in [3.8, 4) is 0 Å². The van der Waals surface area contributed by atoms with Gasteiger partial charge < -0.3 is 9.47 Å². The molecular weight excluding hydrogens is 176 g/mol. The number of ether oxygens (including phenoxy) is 2. The summed E-state index contributed by atoms with van der Waals surface area (Å²) in [5.41, 5.74) is 1.08. The van der Waals surface area contributed by atoms with E-state index < -0.39 is 0 Å². The van der Waals surface area contributed by atoms with Crippen LogP contribution in [0.3, 0.4) is 0 Å². The van der Waals surface area contributed by atoms with E-state index in [-0.39, 0.29) is 6.29 Å². The maximum Gasteiger partial charge on any atom is 0.158 e. The summed E-state index contributed by atoms with van der Waals surface area (Å²) in [5.74, 6) is 0. The summed E-state index contributed by atoms with van der Waals surface area (Å²) in [6.45, 7) is 2.60. The fourth-order valence-corrected chi connectivity index (χ4v) is 1.50. The Hall–Kier alpha value is -0.860. The molecule has 1 fully saturated rings. The first kappa shape index (κ1) is 9.69. The van der Waals surface area contributed by atoms with Crippen molar-refractivity contribution in [3.63, 3.8) is 0 Å². The Labute approximate surface area is 84.8 Å². The van der Waals surface area contributed by atoms with Crippen LogP contribution in [-0.4, -0.2) is 12.9 Å². The lowest BCUT2D eigenvalue weighted by atomic mass is 10.2. The average Bonchev–Trinajstić information content (AvgIpc) is 2.29. The number of hydrogen-bond acceptors (Lipinski definition) is 2. The van der Waals surface area contributed by atoms with Gasteiger partial charge in [0.1, 0.15) is 6.61 Å². The average molecular weight is 191 g/mol. The van der Waals surface area contributed by atoms with E-state index in [1.54, 1.807) is 6.61 Å². The van der Waals surface area contributed by atoms with Crippen LogP contribution < -0.4 is 0 Å². The molecule has 0 aliphatic carbocycles. The molecule has 1 aromatic rings. The van der Waals surface area contributed by atoms with Crippen LogP contribution in [0.1, 0.15) is 24.8 Å². The second-order valence-electron chi connectivity index (χ2n) is 3.46. The van der Waals surface area contributed by atoms with Gasteiger partial charge in [0, 0.05) is 6.61 Å². The third kappa shape index (κ3) is 2.82. The van der Waals surface area contributed by atoms with Gasteiger partial charge in [0.05, 0.1) is 0 Å². The fourth-order valence-electron chi connectivity index (χ4n) is 1.50. The van der Waals surface area contributed by atoms with Gasteiger partial charge in [0.15, 0.2) is 6.29 Å². The summed E-state index contributed by atoms with van der Waals surface area (Å²) < 4.78 is 11.0. The molecule has 1 saturated heterocycles. The van der Waals surface area contributed by atoms with E-state index in [0.717, 1.165) is 25.0 Å². The molecule has 1 aliphatic rings. The molecule has 75 valence electrons. The molecule has 14 heavy (non-hydrogen) atoms. The van der Waals surface area contributed by atoms with E-state index in [9.17, 15) is 0 Å². The van der Waals surface area contributed by atoms with E-state index in [2.05, 4.69) is 0 Å². The Morgan fingerprint density at radius 1 is 1.21 bits per heavy atom. The van der Waals surface area contributed by atoms with E-state index in [1.165, 1.54) is 6.42 Å². The first-order valence-electron chi connectivity index (χ1n) is 5.10. The standard InChI is InChI=1S/C12H15O2/c1-2-6-11(7-3-1)10-14-12-8-4-5-9-13-12/h1-3,6-7,10,12H,4-5,8-9H2. The maximum absolute atomic E-state index is 5.52. The molecule has 1 heterocycles. The molecule has 0 aromatic heterocycles. The summed E-state index contributed by atoms with van der Waals surface area (Å²) in [7, 11) is 0. The molecule has 0 saturated carbocycles. The molecule has 1 aromatic carbocycles. The zero-order chi connectivity index (χ0) is 9.64. The van der Waals surface area contributed by atoms with Crippen molar-refractivity contribution in [2.75, 3.05) is 6.61 Å². The van der Waals surface area contributed by atoms with Gasteiger partial charge in [-0.3, -0.25) is 0 Å². The minimum Gasteiger partial charge on any atom is -0.353 e. The molecule has 2 rings (SSSR count). The highest BCUT2D eigenvalue weighted by molar-refractivity contribution is 5.19. The quantitative estimate of drug-likeness (QED) is 0.731. The Morgan fingerprint density at radius 3 is 2.79 bits per heavy atom. The summed E-state index contributed by atoms with van der Waals surface area (Å²) in [6.07, 6.45) is 3.32. The number of rotatable bonds is 3. The lowest BCUT2D eigenvalue weighted by molar-refractivity contribution is -0.139. The Bertz CT molecular complexity index is 252. The molecule has 1 radical (unpaired) electrons. The van der Waals surface area contributed by atoms with Gasteiger partial charge in [0.25, 0.3) is 0 Å². The van der Waals surface area contributed by atoms with Crippen molar-refractivity contribution in [3.05, 3.63) is 42.5 Å². The van der Waals surface area contributed by atoms with Crippen molar-refractivity contribution in [1.82, 2.24) is 0 Å².